The van der Waals surface area contributed by atoms with Gasteiger partial charge in [0.25, 0.3) is 0 Å². The van der Waals surface area contributed by atoms with E-state index in [4.69, 9.17) is 10.7 Å². The summed E-state index contributed by atoms with van der Waals surface area (Å²) in [6, 6.07) is 6.71. The highest BCUT2D eigenvalue weighted by atomic mass is 15.1. The molecule has 21 heavy (non-hydrogen) atoms. The van der Waals surface area contributed by atoms with Crippen LogP contribution in [0.15, 0.2) is 18.2 Å². The highest BCUT2D eigenvalue weighted by Gasteiger charge is 2.29. The monoisotopic (exact) mass is 286 g/mol. The lowest BCUT2D eigenvalue weighted by Gasteiger charge is -2.21. The fraction of sp³-hybridized carbons (Fsp3) is 0.588. The van der Waals surface area contributed by atoms with Gasteiger partial charge in [0, 0.05) is 24.2 Å². The Morgan fingerprint density at radius 1 is 1.38 bits per heavy atom. The quantitative estimate of drug-likeness (QED) is 0.829. The second-order valence-electron chi connectivity index (χ2n) is 6.57. The first kappa shape index (κ1) is 14.4. The molecule has 1 aliphatic carbocycles. The Balaban J connectivity index is 1.81. The zero-order valence-corrected chi connectivity index (χ0v) is 13.3. The average Bonchev–Trinajstić information content (AvgIpc) is 3.22. The molecule has 0 aliphatic heterocycles. The zero-order valence-electron chi connectivity index (χ0n) is 13.3. The highest BCUT2D eigenvalue weighted by Crippen LogP contribution is 2.40. The van der Waals surface area contributed by atoms with Crippen LogP contribution in [0.4, 0.5) is 5.69 Å². The van der Waals surface area contributed by atoms with Gasteiger partial charge in [-0.3, -0.25) is 0 Å². The van der Waals surface area contributed by atoms with Gasteiger partial charge in [0.2, 0.25) is 0 Å². The predicted octanol–water partition coefficient (Wildman–Crippen LogP) is 3.23. The number of rotatable bonds is 6. The fourth-order valence-corrected chi connectivity index (χ4v) is 2.79. The third-order valence-corrected chi connectivity index (χ3v) is 4.52. The molecule has 1 aliphatic rings. The SMILES string of the molecule is CC(C)N(C)CCCn1c(C2CC2)nc2cc(N)ccc21. The molecule has 1 heterocycles. The normalized spacial score (nSPS) is 15.5. The molecule has 0 bridgehead atoms. The van der Waals surface area contributed by atoms with E-state index in [0.717, 1.165) is 30.7 Å². The number of hydrogen-bond donors (Lipinski definition) is 1. The molecule has 2 aromatic rings. The lowest BCUT2D eigenvalue weighted by molar-refractivity contribution is 0.265. The van der Waals surface area contributed by atoms with E-state index in [0.29, 0.717) is 12.0 Å². The minimum absolute atomic E-state index is 0.604. The van der Waals surface area contributed by atoms with Crippen LogP contribution in [-0.4, -0.2) is 34.1 Å². The molecule has 0 atom stereocenters. The van der Waals surface area contributed by atoms with Crippen molar-refractivity contribution in [2.24, 2.45) is 0 Å². The van der Waals surface area contributed by atoms with Crippen LogP contribution in [0.3, 0.4) is 0 Å². The van der Waals surface area contributed by atoms with Crippen LogP contribution >= 0.6 is 0 Å². The van der Waals surface area contributed by atoms with Gasteiger partial charge in [-0.2, -0.15) is 0 Å². The number of anilines is 1. The van der Waals surface area contributed by atoms with Gasteiger partial charge in [-0.25, -0.2) is 4.98 Å². The van der Waals surface area contributed by atoms with Crippen molar-refractivity contribution in [3.05, 3.63) is 24.0 Å². The summed E-state index contributed by atoms with van der Waals surface area (Å²) >= 11 is 0. The summed E-state index contributed by atoms with van der Waals surface area (Å²) in [6.45, 7) is 6.65. The third-order valence-electron chi connectivity index (χ3n) is 4.52. The number of imidazole rings is 1. The van der Waals surface area contributed by atoms with Crippen LogP contribution in [-0.2, 0) is 6.54 Å². The van der Waals surface area contributed by atoms with Gasteiger partial charge >= 0.3 is 0 Å². The summed E-state index contributed by atoms with van der Waals surface area (Å²) in [5, 5.41) is 0. The van der Waals surface area contributed by atoms with Crippen LogP contribution < -0.4 is 5.73 Å². The molecule has 2 N–H and O–H groups in total. The average molecular weight is 286 g/mol. The molecule has 4 heteroatoms. The van der Waals surface area contributed by atoms with Crippen molar-refractivity contribution < 1.29 is 0 Å². The summed E-state index contributed by atoms with van der Waals surface area (Å²) in [5.41, 5.74) is 8.98. The highest BCUT2D eigenvalue weighted by molar-refractivity contribution is 5.79. The van der Waals surface area contributed by atoms with E-state index >= 15 is 0 Å². The van der Waals surface area contributed by atoms with Crippen molar-refractivity contribution in [2.75, 3.05) is 19.3 Å². The molecule has 1 saturated carbocycles. The zero-order chi connectivity index (χ0) is 15.0. The topological polar surface area (TPSA) is 47.1 Å². The molecule has 0 amide bonds. The van der Waals surface area contributed by atoms with Crippen LogP contribution in [0.25, 0.3) is 11.0 Å². The van der Waals surface area contributed by atoms with Gasteiger partial charge in [0.05, 0.1) is 11.0 Å². The summed E-state index contributed by atoms with van der Waals surface area (Å²) in [7, 11) is 2.19. The van der Waals surface area contributed by atoms with Gasteiger partial charge in [-0.1, -0.05) is 0 Å². The van der Waals surface area contributed by atoms with E-state index in [9.17, 15) is 0 Å². The summed E-state index contributed by atoms with van der Waals surface area (Å²) in [6.07, 6.45) is 3.72. The number of nitrogen functional groups attached to an aromatic ring is 1. The second-order valence-corrected chi connectivity index (χ2v) is 6.57. The number of fused-ring (bicyclic) bond motifs is 1. The molecule has 1 aromatic heterocycles. The largest absolute Gasteiger partial charge is 0.399 e. The first-order valence-corrected chi connectivity index (χ1v) is 8.02. The number of benzene rings is 1. The van der Waals surface area contributed by atoms with E-state index in [2.05, 4.69) is 36.4 Å². The molecule has 0 radical (unpaired) electrons. The van der Waals surface area contributed by atoms with E-state index in [1.807, 2.05) is 12.1 Å². The smallest absolute Gasteiger partial charge is 0.112 e. The summed E-state index contributed by atoms with van der Waals surface area (Å²) in [5.74, 6) is 1.93. The van der Waals surface area contributed by atoms with Gasteiger partial charge in [0.15, 0.2) is 0 Å². The van der Waals surface area contributed by atoms with E-state index in [1.54, 1.807) is 0 Å². The Morgan fingerprint density at radius 2 is 2.14 bits per heavy atom. The van der Waals surface area contributed by atoms with Gasteiger partial charge in [-0.05, 0) is 64.9 Å². The van der Waals surface area contributed by atoms with Crippen molar-refractivity contribution in [1.82, 2.24) is 14.5 Å². The Labute approximate surface area is 126 Å². The molecular formula is C17H26N4. The standard InChI is InChI=1S/C17H26N4/c1-12(2)20(3)9-4-10-21-16-8-7-14(18)11-15(16)19-17(21)13-5-6-13/h7-8,11-13H,4-6,9-10,18H2,1-3H3. The number of hydrogen-bond acceptors (Lipinski definition) is 3. The molecule has 0 saturated heterocycles. The van der Waals surface area contributed by atoms with Crippen LogP contribution in [0.1, 0.15) is 44.9 Å². The molecule has 0 unspecified atom stereocenters. The lowest BCUT2D eigenvalue weighted by atomic mass is 10.2. The van der Waals surface area contributed by atoms with Crippen molar-refractivity contribution in [3.63, 3.8) is 0 Å². The first-order valence-electron chi connectivity index (χ1n) is 8.02. The van der Waals surface area contributed by atoms with E-state index in [1.165, 1.54) is 24.2 Å². The van der Waals surface area contributed by atoms with Crippen molar-refractivity contribution >= 4 is 16.7 Å². The minimum Gasteiger partial charge on any atom is -0.399 e. The number of aryl methyl sites for hydroxylation is 1. The maximum Gasteiger partial charge on any atom is 0.112 e. The number of nitrogens with zero attached hydrogens (tertiary/aromatic N) is 3. The van der Waals surface area contributed by atoms with Crippen molar-refractivity contribution in [2.45, 2.75) is 51.6 Å². The van der Waals surface area contributed by atoms with Gasteiger partial charge in [-0.15, -0.1) is 0 Å². The second kappa shape index (κ2) is 5.68. The van der Waals surface area contributed by atoms with Gasteiger partial charge < -0.3 is 15.2 Å². The molecular weight excluding hydrogens is 260 g/mol. The van der Waals surface area contributed by atoms with Gasteiger partial charge in [0.1, 0.15) is 5.82 Å². The molecule has 3 rings (SSSR count). The van der Waals surface area contributed by atoms with Crippen LogP contribution in [0, 0.1) is 0 Å². The Bertz CT molecular complexity index is 625. The molecule has 1 fully saturated rings. The maximum atomic E-state index is 5.89. The molecule has 114 valence electrons. The van der Waals surface area contributed by atoms with E-state index < -0.39 is 0 Å². The Morgan fingerprint density at radius 3 is 2.81 bits per heavy atom. The van der Waals surface area contributed by atoms with Crippen molar-refractivity contribution in [3.8, 4) is 0 Å². The van der Waals surface area contributed by atoms with E-state index in [-0.39, 0.29) is 0 Å². The molecule has 0 spiro atoms. The van der Waals surface area contributed by atoms with Crippen LogP contribution in [0.2, 0.25) is 0 Å². The maximum absolute atomic E-state index is 5.89. The minimum atomic E-state index is 0.604. The Hall–Kier alpha value is -1.55. The fourth-order valence-electron chi connectivity index (χ4n) is 2.79. The number of nitrogens with two attached hydrogens (primary N) is 1. The molecule has 4 nitrogen and oxygen atoms in total. The Kier molecular flexibility index (Phi) is 3.89. The predicted molar refractivity (Wildman–Crippen MR) is 88.5 cm³/mol. The van der Waals surface area contributed by atoms with Crippen molar-refractivity contribution in [1.29, 1.82) is 0 Å². The third kappa shape index (κ3) is 3.05. The molecule has 1 aromatic carbocycles. The summed E-state index contributed by atoms with van der Waals surface area (Å²) in [4.78, 5) is 7.23. The number of aromatic nitrogens is 2. The summed E-state index contributed by atoms with van der Waals surface area (Å²) < 4.78 is 2.42. The van der Waals surface area contributed by atoms with Crippen LogP contribution in [0.5, 0.6) is 0 Å². The first-order chi connectivity index (χ1) is 10.1. The lowest BCUT2D eigenvalue weighted by Crippen LogP contribution is -2.28.